The zero-order chi connectivity index (χ0) is 13.8. The molecule has 0 fully saturated rings. The Balaban J connectivity index is 2.20. The van der Waals surface area contributed by atoms with Gasteiger partial charge in [-0.05, 0) is 39.6 Å². The monoisotopic (exact) mass is 260 g/mol. The Hall–Kier alpha value is -2.08. The van der Waals surface area contributed by atoms with E-state index in [0.29, 0.717) is 0 Å². The summed E-state index contributed by atoms with van der Waals surface area (Å²) in [6.07, 6.45) is 8.30. The van der Waals surface area contributed by atoms with Crippen LogP contribution < -0.4 is 0 Å². The molecule has 0 bridgehead atoms. The highest BCUT2D eigenvalue weighted by molar-refractivity contribution is 6.06. The first-order valence-electron chi connectivity index (χ1n) is 7.47. The van der Waals surface area contributed by atoms with Gasteiger partial charge in [-0.15, -0.1) is 0 Å². The number of benzene rings is 3. The lowest BCUT2D eigenvalue weighted by molar-refractivity contribution is 0.816. The number of allylic oxidation sites excluding steroid dienone is 1. The van der Waals surface area contributed by atoms with Gasteiger partial charge in [0.1, 0.15) is 0 Å². The highest BCUT2D eigenvalue weighted by atomic mass is 14.1. The van der Waals surface area contributed by atoms with Crippen molar-refractivity contribution in [2.75, 3.05) is 0 Å². The van der Waals surface area contributed by atoms with E-state index >= 15 is 0 Å². The molecule has 3 aromatic rings. The molecular formula is C20H20. The fourth-order valence-corrected chi connectivity index (χ4v) is 2.75. The van der Waals surface area contributed by atoms with Crippen LogP contribution in [0.4, 0.5) is 0 Å². The van der Waals surface area contributed by atoms with Gasteiger partial charge in [-0.2, -0.15) is 0 Å². The van der Waals surface area contributed by atoms with Crippen LogP contribution in [0.15, 0.2) is 60.7 Å². The molecule has 20 heavy (non-hydrogen) atoms. The van der Waals surface area contributed by atoms with E-state index in [1.165, 1.54) is 39.9 Å². The van der Waals surface area contributed by atoms with Crippen molar-refractivity contribution in [3.63, 3.8) is 0 Å². The van der Waals surface area contributed by atoms with Crippen molar-refractivity contribution >= 4 is 27.6 Å². The van der Waals surface area contributed by atoms with Crippen LogP contribution >= 0.6 is 0 Å². The standard InChI is InChI=1S/C20H20/c1-2-3-4-5-14-20-18-12-8-6-10-16(18)15-17-11-7-9-13-19(17)20/h5-15H,2-4H2,1H3. The molecule has 0 saturated heterocycles. The lowest BCUT2D eigenvalue weighted by atomic mass is 9.96. The van der Waals surface area contributed by atoms with Gasteiger partial charge < -0.3 is 0 Å². The molecule has 0 aliphatic heterocycles. The summed E-state index contributed by atoms with van der Waals surface area (Å²) in [4.78, 5) is 0. The summed E-state index contributed by atoms with van der Waals surface area (Å²) < 4.78 is 0. The summed E-state index contributed by atoms with van der Waals surface area (Å²) in [5, 5.41) is 5.33. The molecule has 0 unspecified atom stereocenters. The van der Waals surface area contributed by atoms with Gasteiger partial charge in [0.05, 0.1) is 0 Å². The fraction of sp³-hybridized carbons (Fsp3) is 0.200. The van der Waals surface area contributed by atoms with Gasteiger partial charge in [-0.3, -0.25) is 0 Å². The fourth-order valence-electron chi connectivity index (χ4n) is 2.75. The van der Waals surface area contributed by atoms with Gasteiger partial charge in [0.2, 0.25) is 0 Å². The van der Waals surface area contributed by atoms with Crippen molar-refractivity contribution in [1.29, 1.82) is 0 Å². The number of unbranched alkanes of at least 4 members (excludes halogenated alkanes) is 2. The quantitative estimate of drug-likeness (QED) is 0.387. The maximum absolute atomic E-state index is 2.32. The van der Waals surface area contributed by atoms with E-state index in [1.54, 1.807) is 0 Å². The Kier molecular flexibility index (Phi) is 3.83. The van der Waals surface area contributed by atoms with Gasteiger partial charge in [0, 0.05) is 0 Å². The second-order valence-electron chi connectivity index (χ2n) is 5.28. The Morgan fingerprint density at radius 2 is 1.45 bits per heavy atom. The third-order valence-corrected chi connectivity index (χ3v) is 3.82. The predicted octanol–water partition coefficient (Wildman–Crippen LogP) is 6.20. The highest BCUT2D eigenvalue weighted by Gasteiger charge is 2.04. The predicted molar refractivity (Wildman–Crippen MR) is 90.0 cm³/mol. The first kappa shape index (κ1) is 12.9. The van der Waals surface area contributed by atoms with Crippen LogP contribution in [0.25, 0.3) is 27.6 Å². The first-order valence-corrected chi connectivity index (χ1v) is 7.47. The topological polar surface area (TPSA) is 0 Å². The summed E-state index contributed by atoms with van der Waals surface area (Å²) in [5.41, 5.74) is 1.36. The first-order chi connectivity index (χ1) is 9.90. The molecule has 0 heterocycles. The lowest BCUT2D eigenvalue weighted by Gasteiger charge is -2.08. The summed E-state index contributed by atoms with van der Waals surface area (Å²) in [7, 11) is 0. The van der Waals surface area contributed by atoms with Crippen LogP contribution in [-0.2, 0) is 0 Å². The molecule has 3 rings (SSSR count). The lowest BCUT2D eigenvalue weighted by Crippen LogP contribution is -1.83. The molecule has 0 aliphatic rings. The van der Waals surface area contributed by atoms with E-state index in [0.717, 1.165) is 6.42 Å². The SMILES string of the molecule is CCCCC=Cc1c2ccccc2cc2ccccc12. The van der Waals surface area contributed by atoms with Gasteiger partial charge >= 0.3 is 0 Å². The average Bonchev–Trinajstić information content (AvgIpc) is 2.50. The number of hydrogen-bond acceptors (Lipinski definition) is 0. The van der Waals surface area contributed by atoms with Crippen molar-refractivity contribution in [2.45, 2.75) is 26.2 Å². The van der Waals surface area contributed by atoms with Crippen LogP contribution in [0.1, 0.15) is 31.7 Å². The molecule has 0 spiro atoms. The van der Waals surface area contributed by atoms with Crippen molar-refractivity contribution < 1.29 is 0 Å². The second kappa shape index (κ2) is 5.92. The molecule has 0 aliphatic carbocycles. The van der Waals surface area contributed by atoms with Gasteiger partial charge in [-0.1, -0.05) is 80.4 Å². The van der Waals surface area contributed by atoms with E-state index < -0.39 is 0 Å². The second-order valence-corrected chi connectivity index (χ2v) is 5.28. The minimum absolute atomic E-state index is 1.16. The Labute approximate surface area is 120 Å². The summed E-state index contributed by atoms with van der Waals surface area (Å²) in [6, 6.07) is 19.6. The Morgan fingerprint density at radius 1 is 0.850 bits per heavy atom. The van der Waals surface area contributed by atoms with Crippen LogP contribution in [0, 0.1) is 0 Å². The van der Waals surface area contributed by atoms with Crippen LogP contribution in [0.3, 0.4) is 0 Å². The summed E-state index contributed by atoms with van der Waals surface area (Å²) in [6.45, 7) is 2.24. The highest BCUT2D eigenvalue weighted by Crippen LogP contribution is 2.29. The van der Waals surface area contributed by atoms with Crippen molar-refractivity contribution in [1.82, 2.24) is 0 Å². The minimum atomic E-state index is 1.16. The number of hydrogen-bond donors (Lipinski definition) is 0. The molecule has 0 amide bonds. The zero-order valence-corrected chi connectivity index (χ0v) is 12.0. The molecule has 3 aromatic carbocycles. The van der Waals surface area contributed by atoms with Crippen LogP contribution in [-0.4, -0.2) is 0 Å². The van der Waals surface area contributed by atoms with Crippen molar-refractivity contribution in [3.8, 4) is 0 Å². The summed E-state index contributed by atoms with van der Waals surface area (Å²) >= 11 is 0. The van der Waals surface area contributed by atoms with E-state index in [-0.39, 0.29) is 0 Å². The molecule has 0 aromatic heterocycles. The van der Waals surface area contributed by atoms with Crippen molar-refractivity contribution in [2.24, 2.45) is 0 Å². The van der Waals surface area contributed by atoms with E-state index in [2.05, 4.69) is 73.7 Å². The van der Waals surface area contributed by atoms with E-state index in [4.69, 9.17) is 0 Å². The van der Waals surface area contributed by atoms with Crippen LogP contribution in [0.2, 0.25) is 0 Å². The minimum Gasteiger partial charge on any atom is -0.0839 e. The molecule has 0 atom stereocenters. The molecule has 0 heteroatoms. The van der Waals surface area contributed by atoms with Gasteiger partial charge in [0.15, 0.2) is 0 Å². The maximum atomic E-state index is 2.32. The normalized spacial score (nSPS) is 11.7. The summed E-state index contributed by atoms with van der Waals surface area (Å²) in [5.74, 6) is 0. The third-order valence-electron chi connectivity index (χ3n) is 3.82. The van der Waals surface area contributed by atoms with Gasteiger partial charge in [0.25, 0.3) is 0 Å². The van der Waals surface area contributed by atoms with Gasteiger partial charge in [-0.25, -0.2) is 0 Å². The Morgan fingerprint density at radius 3 is 2.05 bits per heavy atom. The van der Waals surface area contributed by atoms with Crippen LogP contribution in [0.5, 0.6) is 0 Å². The molecular weight excluding hydrogens is 240 g/mol. The largest absolute Gasteiger partial charge is 0.0839 e. The van der Waals surface area contributed by atoms with E-state index in [1.807, 2.05) is 0 Å². The molecule has 0 N–H and O–H groups in total. The average molecular weight is 260 g/mol. The number of rotatable bonds is 4. The third kappa shape index (κ3) is 2.46. The number of fused-ring (bicyclic) bond motifs is 2. The zero-order valence-electron chi connectivity index (χ0n) is 12.0. The van der Waals surface area contributed by atoms with E-state index in [9.17, 15) is 0 Å². The molecule has 0 saturated carbocycles. The molecule has 0 nitrogen and oxygen atoms in total. The van der Waals surface area contributed by atoms with Crippen molar-refractivity contribution in [3.05, 3.63) is 66.2 Å². The maximum Gasteiger partial charge on any atom is -0.0103 e. The molecule has 0 radical (unpaired) electrons. The Bertz CT molecular complexity index is 696. The smallest absolute Gasteiger partial charge is 0.0103 e. The molecule has 100 valence electrons.